The second-order valence-electron chi connectivity index (χ2n) is 4.90. The van der Waals surface area contributed by atoms with Gasteiger partial charge in [-0.1, -0.05) is 29.8 Å². The first kappa shape index (κ1) is 14.1. The minimum atomic E-state index is 0.320. The Hall–Kier alpha value is -2.88. The molecule has 0 radical (unpaired) electrons. The van der Waals surface area contributed by atoms with Gasteiger partial charge in [0.1, 0.15) is 11.5 Å². The molecule has 1 aromatic heterocycles. The summed E-state index contributed by atoms with van der Waals surface area (Å²) in [6, 6.07) is 15.9. The fourth-order valence-electron chi connectivity index (χ4n) is 2.01. The highest BCUT2D eigenvalue weighted by Crippen LogP contribution is 2.23. The molecule has 0 saturated carbocycles. The molecule has 0 fully saturated rings. The van der Waals surface area contributed by atoms with Gasteiger partial charge in [-0.05, 0) is 36.8 Å². The Kier molecular flexibility index (Phi) is 4.01. The van der Waals surface area contributed by atoms with Crippen LogP contribution in [0, 0.1) is 6.92 Å². The predicted molar refractivity (Wildman–Crippen MR) is 85.3 cm³/mol. The molecule has 1 heterocycles. The van der Waals surface area contributed by atoms with Crippen molar-refractivity contribution in [3.05, 3.63) is 66.5 Å². The molecule has 0 bridgehead atoms. The van der Waals surface area contributed by atoms with E-state index in [0.717, 1.165) is 16.9 Å². The summed E-state index contributed by atoms with van der Waals surface area (Å²) >= 11 is 0. The maximum Gasteiger partial charge on any atom is 0.321 e. The fraction of sp³-hybridized carbons (Fsp3) is 0.111. The molecule has 0 N–H and O–H groups in total. The number of hydrogen-bond donors (Lipinski definition) is 0. The second-order valence-corrected chi connectivity index (χ2v) is 4.90. The van der Waals surface area contributed by atoms with Crippen LogP contribution in [0.1, 0.15) is 5.56 Å². The monoisotopic (exact) mass is 292 g/mol. The van der Waals surface area contributed by atoms with Crippen LogP contribution < -0.4 is 9.47 Å². The zero-order valence-electron chi connectivity index (χ0n) is 12.5. The molecule has 0 aliphatic heterocycles. The van der Waals surface area contributed by atoms with Crippen LogP contribution in [0.2, 0.25) is 0 Å². The minimum Gasteiger partial charge on any atom is -0.497 e. The number of ether oxygens (including phenoxy) is 2. The van der Waals surface area contributed by atoms with E-state index in [1.807, 2.05) is 24.3 Å². The smallest absolute Gasteiger partial charge is 0.321 e. The van der Waals surface area contributed by atoms with Crippen LogP contribution in [-0.4, -0.2) is 17.1 Å². The van der Waals surface area contributed by atoms with Crippen molar-refractivity contribution in [2.75, 3.05) is 7.11 Å². The number of methoxy groups -OCH3 is 1. The van der Waals surface area contributed by atoms with E-state index in [4.69, 9.17) is 9.47 Å². The quantitative estimate of drug-likeness (QED) is 0.721. The Morgan fingerprint density at radius 2 is 1.32 bits per heavy atom. The van der Waals surface area contributed by atoms with Crippen LogP contribution in [-0.2, 0) is 0 Å². The molecule has 0 unspecified atom stereocenters. The molecular weight excluding hydrogens is 276 g/mol. The summed E-state index contributed by atoms with van der Waals surface area (Å²) in [4.78, 5) is 8.50. The summed E-state index contributed by atoms with van der Waals surface area (Å²) in [5.74, 6) is 1.45. The van der Waals surface area contributed by atoms with E-state index in [1.165, 1.54) is 5.56 Å². The Morgan fingerprint density at radius 3 is 1.91 bits per heavy atom. The van der Waals surface area contributed by atoms with Gasteiger partial charge in [-0.3, -0.25) is 0 Å². The third-order valence-electron chi connectivity index (χ3n) is 3.28. The first-order chi connectivity index (χ1) is 10.7. The number of nitrogens with zero attached hydrogens (tertiary/aromatic N) is 2. The van der Waals surface area contributed by atoms with Crippen molar-refractivity contribution >= 4 is 0 Å². The van der Waals surface area contributed by atoms with E-state index in [0.29, 0.717) is 11.8 Å². The van der Waals surface area contributed by atoms with Crippen molar-refractivity contribution in [3.63, 3.8) is 0 Å². The molecule has 0 aliphatic carbocycles. The van der Waals surface area contributed by atoms with Crippen molar-refractivity contribution in [2.24, 2.45) is 0 Å². The molecular formula is C18H16N2O2. The molecule has 110 valence electrons. The zero-order valence-corrected chi connectivity index (χ0v) is 12.5. The average molecular weight is 292 g/mol. The first-order valence-electron chi connectivity index (χ1n) is 6.95. The average Bonchev–Trinajstić information content (AvgIpc) is 2.57. The largest absolute Gasteiger partial charge is 0.497 e. The van der Waals surface area contributed by atoms with Crippen LogP contribution >= 0.6 is 0 Å². The van der Waals surface area contributed by atoms with Gasteiger partial charge < -0.3 is 9.47 Å². The summed E-state index contributed by atoms with van der Waals surface area (Å²) in [6.07, 6.45) is 3.52. The lowest BCUT2D eigenvalue weighted by Gasteiger charge is -2.06. The van der Waals surface area contributed by atoms with Gasteiger partial charge in [-0.2, -0.15) is 0 Å². The van der Waals surface area contributed by atoms with Crippen molar-refractivity contribution < 1.29 is 9.47 Å². The molecule has 4 heteroatoms. The Bertz CT molecular complexity index is 736. The lowest BCUT2D eigenvalue weighted by atomic mass is 10.1. The highest BCUT2D eigenvalue weighted by atomic mass is 16.5. The standard InChI is InChI=1S/C18H16N2O2/c1-13-3-5-14(6-4-13)15-11-19-18(20-12-15)22-17-9-7-16(21-2)8-10-17/h3-12H,1-2H3. The van der Waals surface area contributed by atoms with Crippen LogP contribution in [0.3, 0.4) is 0 Å². The summed E-state index contributed by atoms with van der Waals surface area (Å²) in [5.41, 5.74) is 3.27. The predicted octanol–water partition coefficient (Wildman–Crippen LogP) is 4.25. The lowest BCUT2D eigenvalue weighted by molar-refractivity contribution is 0.410. The molecule has 3 rings (SSSR count). The third-order valence-corrected chi connectivity index (χ3v) is 3.28. The molecule has 0 atom stereocenters. The maximum absolute atomic E-state index is 5.61. The van der Waals surface area contributed by atoms with E-state index < -0.39 is 0 Å². The Balaban J connectivity index is 1.74. The van der Waals surface area contributed by atoms with Crippen molar-refractivity contribution in [1.82, 2.24) is 9.97 Å². The van der Waals surface area contributed by atoms with Gasteiger partial charge in [0.25, 0.3) is 0 Å². The molecule has 2 aromatic carbocycles. The number of hydrogen-bond acceptors (Lipinski definition) is 4. The Labute approximate surface area is 129 Å². The van der Waals surface area contributed by atoms with Crippen LogP contribution in [0.25, 0.3) is 11.1 Å². The normalized spacial score (nSPS) is 10.3. The highest BCUT2D eigenvalue weighted by Gasteiger charge is 2.03. The van der Waals surface area contributed by atoms with E-state index in [-0.39, 0.29) is 0 Å². The first-order valence-corrected chi connectivity index (χ1v) is 6.95. The van der Waals surface area contributed by atoms with E-state index >= 15 is 0 Å². The van der Waals surface area contributed by atoms with Gasteiger partial charge in [0.2, 0.25) is 0 Å². The molecule has 4 nitrogen and oxygen atoms in total. The van der Waals surface area contributed by atoms with Crippen LogP contribution in [0.15, 0.2) is 60.9 Å². The van der Waals surface area contributed by atoms with Crippen molar-refractivity contribution in [2.45, 2.75) is 6.92 Å². The second kappa shape index (κ2) is 6.26. The van der Waals surface area contributed by atoms with Gasteiger partial charge in [-0.25, -0.2) is 9.97 Å². The SMILES string of the molecule is COc1ccc(Oc2ncc(-c3ccc(C)cc3)cn2)cc1. The fourth-order valence-corrected chi connectivity index (χ4v) is 2.01. The van der Waals surface area contributed by atoms with Gasteiger partial charge >= 0.3 is 6.01 Å². The van der Waals surface area contributed by atoms with E-state index in [9.17, 15) is 0 Å². The summed E-state index contributed by atoms with van der Waals surface area (Å²) in [6.45, 7) is 2.06. The topological polar surface area (TPSA) is 44.2 Å². The van der Waals surface area contributed by atoms with Crippen LogP contribution in [0.5, 0.6) is 17.5 Å². The zero-order chi connectivity index (χ0) is 15.4. The Morgan fingerprint density at radius 1 is 0.727 bits per heavy atom. The number of rotatable bonds is 4. The molecule has 0 saturated heterocycles. The molecule has 0 aliphatic rings. The number of aromatic nitrogens is 2. The molecule has 3 aromatic rings. The molecule has 0 spiro atoms. The van der Waals surface area contributed by atoms with Gasteiger partial charge in [-0.15, -0.1) is 0 Å². The molecule has 22 heavy (non-hydrogen) atoms. The number of benzene rings is 2. The van der Waals surface area contributed by atoms with Gasteiger partial charge in [0.05, 0.1) is 7.11 Å². The molecule has 0 amide bonds. The van der Waals surface area contributed by atoms with Crippen molar-refractivity contribution in [1.29, 1.82) is 0 Å². The summed E-state index contributed by atoms with van der Waals surface area (Å²) in [5, 5.41) is 0. The lowest BCUT2D eigenvalue weighted by Crippen LogP contribution is -1.92. The van der Waals surface area contributed by atoms with E-state index in [1.54, 1.807) is 19.5 Å². The summed E-state index contributed by atoms with van der Waals surface area (Å²) < 4.78 is 10.7. The van der Waals surface area contributed by atoms with Crippen molar-refractivity contribution in [3.8, 4) is 28.6 Å². The van der Waals surface area contributed by atoms with Gasteiger partial charge in [0, 0.05) is 18.0 Å². The highest BCUT2D eigenvalue weighted by molar-refractivity contribution is 5.61. The summed E-state index contributed by atoms with van der Waals surface area (Å²) in [7, 11) is 1.63. The minimum absolute atomic E-state index is 0.320. The van der Waals surface area contributed by atoms with Crippen LogP contribution in [0.4, 0.5) is 0 Å². The maximum atomic E-state index is 5.61. The third kappa shape index (κ3) is 3.23. The van der Waals surface area contributed by atoms with E-state index in [2.05, 4.69) is 41.2 Å². The number of aryl methyl sites for hydroxylation is 1. The van der Waals surface area contributed by atoms with Gasteiger partial charge in [0.15, 0.2) is 0 Å².